The molecule has 0 aromatic heterocycles. The molecule has 2 rings (SSSR count). The maximum atomic E-state index is 10.5. The number of unbranched alkanes of at least 4 members (excludes halogenated alkanes) is 3. The lowest BCUT2D eigenvalue weighted by molar-refractivity contribution is -0.131. The second kappa shape index (κ2) is 11.6. The Morgan fingerprint density at radius 3 is 2.42 bits per heavy atom. The summed E-state index contributed by atoms with van der Waals surface area (Å²) in [6, 6.07) is 7.60. The van der Waals surface area contributed by atoms with E-state index in [-0.39, 0.29) is 0 Å². The number of carboxylic acid groups (broad SMARTS) is 1. The zero-order valence-corrected chi connectivity index (χ0v) is 15.7. The monoisotopic (exact) mass is 356 g/mol. The molecule has 0 spiro atoms. The van der Waals surface area contributed by atoms with Gasteiger partial charge in [-0.15, -0.1) is 6.58 Å². The lowest BCUT2D eigenvalue weighted by atomic mass is 9.80. The van der Waals surface area contributed by atoms with E-state index >= 15 is 0 Å². The van der Waals surface area contributed by atoms with Gasteiger partial charge >= 0.3 is 5.97 Å². The molecule has 0 saturated heterocycles. The van der Waals surface area contributed by atoms with Crippen molar-refractivity contribution in [2.75, 3.05) is 6.61 Å². The summed E-state index contributed by atoms with van der Waals surface area (Å²) >= 11 is 0. The van der Waals surface area contributed by atoms with Crippen LogP contribution in [0.25, 0.3) is 6.08 Å². The van der Waals surface area contributed by atoms with E-state index in [1.807, 2.05) is 30.3 Å². The van der Waals surface area contributed by atoms with Gasteiger partial charge in [-0.3, -0.25) is 0 Å². The second-order valence-corrected chi connectivity index (χ2v) is 7.37. The predicted octanol–water partition coefficient (Wildman–Crippen LogP) is 6.11. The third-order valence-corrected chi connectivity index (χ3v) is 5.27. The van der Waals surface area contributed by atoms with Crippen molar-refractivity contribution in [1.29, 1.82) is 0 Å². The van der Waals surface area contributed by atoms with Crippen LogP contribution in [-0.4, -0.2) is 17.7 Å². The molecule has 1 aromatic carbocycles. The number of carboxylic acids is 1. The minimum absolute atomic E-state index is 0.665. The second-order valence-electron chi connectivity index (χ2n) is 7.37. The van der Waals surface area contributed by atoms with Crippen LogP contribution in [0.15, 0.2) is 43.0 Å². The van der Waals surface area contributed by atoms with Gasteiger partial charge in [0.15, 0.2) is 0 Å². The maximum Gasteiger partial charge on any atom is 0.328 e. The summed E-state index contributed by atoms with van der Waals surface area (Å²) in [5.74, 6) is 1.51. The summed E-state index contributed by atoms with van der Waals surface area (Å²) in [5, 5.41) is 8.64. The molecule has 0 amide bonds. The summed E-state index contributed by atoms with van der Waals surface area (Å²) in [6.07, 6.45) is 16.5. The van der Waals surface area contributed by atoms with E-state index in [1.54, 1.807) is 6.08 Å². The van der Waals surface area contributed by atoms with E-state index < -0.39 is 5.97 Å². The van der Waals surface area contributed by atoms with E-state index in [2.05, 4.69) is 6.58 Å². The average Bonchev–Trinajstić information content (AvgIpc) is 2.66. The Hall–Kier alpha value is -2.03. The third-order valence-electron chi connectivity index (χ3n) is 5.27. The molecule has 1 N–H and O–H groups in total. The van der Waals surface area contributed by atoms with Crippen LogP contribution >= 0.6 is 0 Å². The Morgan fingerprint density at radius 1 is 1.08 bits per heavy atom. The highest BCUT2D eigenvalue weighted by Gasteiger charge is 2.21. The van der Waals surface area contributed by atoms with Crippen molar-refractivity contribution < 1.29 is 14.6 Å². The fraction of sp³-hybridized carbons (Fsp3) is 0.522. The largest absolute Gasteiger partial charge is 0.493 e. The maximum absolute atomic E-state index is 10.5. The Morgan fingerprint density at radius 2 is 1.77 bits per heavy atom. The minimum Gasteiger partial charge on any atom is -0.493 e. The Bertz CT molecular complexity index is 566. The minimum atomic E-state index is -0.933. The van der Waals surface area contributed by atoms with Crippen LogP contribution in [0.3, 0.4) is 0 Å². The number of hydrogen-bond donors (Lipinski definition) is 1. The quantitative estimate of drug-likeness (QED) is 0.296. The van der Waals surface area contributed by atoms with E-state index in [4.69, 9.17) is 9.84 Å². The number of rotatable bonds is 11. The highest BCUT2D eigenvalue weighted by atomic mass is 16.5. The van der Waals surface area contributed by atoms with Crippen LogP contribution in [-0.2, 0) is 4.79 Å². The molecule has 1 saturated carbocycles. The topological polar surface area (TPSA) is 46.5 Å². The lowest BCUT2D eigenvalue weighted by Gasteiger charge is -2.28. The molecule has 1 aliphatic carbocycles. The molecule has 0 bridgehead atoms. The van der Waals surface area contributed by atoms with Crippen molar-refractivity contribution >= 4 is 12.0 Å². The fourth-order valence-corrected chi connectivity index (χ4v) is 3.64. The molecule has 3 heteroatoms. The zero-order valence-electron chi connectivity index (χ0n) is 15.7. The van der Waals surface area contributed by atoms with Crippen molar-refractivity contribution in [2.45, 2.75) is 57.8 Å². The molecular formula is C23H32O3. The standard InChI is InChI=1S/C23H32O3/c1-2-3-4-5-6-7-19-8-10-21(11-9-19)18-26-22-15-12-20(13-16-22)14-17-23(24)25/h2,12-17,19,21H,1,3-11,18H2,(H,24,25). The normalized spacial score (nSPS) is 20.2. The van der Waals surface area contributed by atoms with Gasteiger partial charge in [0.05, 0.1) is 6.61 Å². The first-order chi connectivity index (χ1) is 12.7. The molecule has 0 aliphatic heterocycles. The Balaban J connectivity index is 1.62. The number of ether oxygens (including phenoxy) is 1. The van der Waals surface area contributed by atoms with Crippen LogP contribution in [0, 0.1) is 11.8 Å². The van der Waals surface area contributed by atoms with Crippen molar-refractivity contribution in [3.05, 3.63) is 48.6 Å². The van der Waals surface area contributed by atoms with Gasteiger partial charge in [-0.2, -0.15) is 0 Å². The third kappa shape index (κ3) is 7.90. The first-order valence-corrected chi connectivity index (χ1v) is 9.92. The van der Waals surface area contributed by atoms with E-state index in [0.717, 1.165) is 36.3 Å². The van der Waals surface area contributed by atoms with E-state index in [9.17, 15) is 4.79 Å². The fourth-order valence-electron chi connectivity index (χ4n) is 3.64. The molecule has 1 fully saturated rings. The van der Waals surface area contributed by atoms with Crippen LogP contribution < -0.4 is 4.74 Å². The summed E-state index contributed by atoms with van der Waals surface area (Å²) in [6.45, 7) is 4.57. The molecule has 142 valence electrons. The first-order valence-electron chi connectivity index (χ1n) is 9.92. The number of carbonyl (C=O) groups is 1. The highest BCUT2D eigenvalue weighted by Crippen LogP contribution is 2.32. The molecule has 1 aliphatic rings. The summed E-state index contributed by atoms with van der Waals surface area (Å²) < 4.78 is 5.94. The Labute approximate surface area is 157 Å². The van der Waals surface area contributed by atoms with Gasteiger partial charge in [0.2, 0.25) is 0 Å². The molecule has 0 unspecified atom stereocenters. The van der Waals surface area contributed by atoms with Gasteiger partial charge in [0, 0.05) is 6.08 Å². The lowest BCUT2D eigenvalue weighted by Crippen LogP contribution is -2.20. The van der Waals surface area contributed by atoms with Gasteiger partial charge in [-0.05, 0) is 61.3 Å². The van der Waals surface area contributed by atoms with Gasteiger partial charge < -0.3 is 9.84 Å². The van der Waals surface area contributed by atoms with Crippen LogP contribution in [0.2, 0.25) is 0 Å². The average molecular weight is 357 g/mol. The molecule has 0 atom stereocenters. The summed E-state index contributed by atoms with van der Waals surface area (Å²) in [5.41, 5.74) is 0.869. The van der Waals surface area contributed by atoms with E-state index in [1.165, 1.54) is 51.4 Å². The zero-order chi connectivity index (χ0) is 18.6. The number of aliphatic carboxylic acids is 1. The van der Waals surface area contributed by atoms with Crippen molar-refractivity contribution in [3.63, 3.8) is 0 Å². The van der Waals surface area contributed by atoms with E-state index in [0.29, 0.717) is 5.92 Å². The summed E-state index contributed by atoms with van der Waals surface area (Å²) in [7, 11) is 0. The SMILES string of the molecule is C=CCCCCCC1CCC(COc2ccc(C=CC(=O)O)cc2)CC1. The molecule has 26 heavy (non-hydrogen) atoms. The first kappa shape index (κ1) is 20.3. The molecular weight excluding hydrogens is 324 g/mol. The van der Waals surface area contributed by atoms with Gasteiger partial charge in [0.1, 0.15) is 5.75 Å². The predicted molar refractivity (Wildman–Crippen MR) is 107 cm³/mol. The highest BCUT2D eigenvalue weighted by molar-refractivity contribution is 5.85. The van der Waals surface area contributed by atoms with Crippen LogP contribution in [0.4, 0.5) is 0 Å². The number of hydrogen-bond acceptors (Lipinski definition) is 2. The molecule has 0 heterocycles. The van der Waals surface area contributed by atoms with Crippen LogP contribution in [0.1, 0.15) is 63.4 Å². The number of benzene rings is 1. The van der Waals surface area contributed by atoms with Crippen LogP contribution in [0.5, 0.6) is 5.75 Å². The van der Waals surface area contributed by atoms with Gasteiger partial charge in [-0.1, -0.05) is 50.3 Å². The summed E-state index contributed by atoms with van der Waals surface area (Å²) in [4.78, 5) is 10.5. The molecule has 3 nitrogen and oxygen atoms in total. The van der Waals surface area contributed by atoms with Crippen molar-refractivity contribution in [2.24, 2.45) is 11.8 Å². The number of allylic oxidation sites excluding steroid dienone is 1. The van der Waals surface area contributed by atoms with Crippen molar-refractivity contribution in [3.8, 4) is 5.75 Å². The van der Waals surface area contributed by atoms with Gasteiger partial charge in [0.25, 0.3) is 0 Å². The molecule has 0 radical (unpaired) electrons. The molecule has 1 aromatic rings. The smallest absolute Gasteiger partial charge is 0.328 e. The van der Waals surface area contributed by atoms with Gasteiger partial charge in [-0.25, -0.2) is 4.79 Å². The van der Waals surface area contributed by atoms with Crippen molar-refractivity contribution in [1.82, 2.24) is 0 Å². The Kier molecular flexibility index (Phi) is 9.02.